The second-order valence-electron chi connectivity index (χ2n) is 6.90. The number of nitrogens with one attached hydrogen (secondary N) is 1. The molecule has 1 aliphatic rings. The topological polar surface area (TPSA) is 76.4 Å². The number of hydrogen-bond acceptors (Lipinski definition) is 4. The molecule has 1 aromatic heterocycles. The first-order chi connectivity index (χ1) is 13.0. The van der Waals surface area contributed by atoms with Crippen LogP contribution < -0.4 is 10.1 Å². The van der Waals surface area contributed by atoms with Gasteiger partial charge in [0.2, 0.25) is 0 Å². The summed E-state index contributed by atoms with van der Waals surface area (Å²) in [5.41, 5.74) is 5.04. The number of ether oxygens (including phenoxy) is 1. The number of nitrogens with zero attached hydrogens (tertiary/aromatic N) is 2. The third-order valence-electron chi connectivity index (χ3n) is 5.42. The molecule has 2 heterocycles. The molecule has 1 atom stereocenters. The number of imidazole rings is 1. The smallest absolute Gasteiger partial charge is 0.251 e. The highest BCUT2D eigenvalue weighted by Gasteiger charge is 2.30. The minimum Gasteiger partial charge on any atom is -0.483 e. The summed E-state index contributed by atoms with van der Waals surface area (Å²) < 4.78 is 8.38. The number of rotatable bonds is 3. The van der Waals surface area contributed by atoms with Crippen LogP contribution in [-0.2, 0) is 20.1 Å². The van der Waals surface area contributed by atoms with Crippen LogP contribution in [0.15, 0.2) is 30.3 Å². The lowest BCUT2D eigenvalue weighted by Crippen LogP contribution is -2.24. The van der Waals surface area contributed by atoms with Gasteiger partial charge >= 0.3 is 0 Å². The van der Waals surface area contributed by atoms with Crippen LogP contribution in [0, 0.1) is 6.92 Å². The molecule has 0 bridgehead atoms. The zero-order valence-electron chi connectivity index (χ0n) is 15.7. The van der Waals surface area contributed by atoms with Crippen molar-refractivity contribution in [2.45, 2.75) is 32.5 Å². The number of aliphatic hydroxyl groups is 1. The fraction of sp³-hybridized carbons (Fsp3) is 0.333. The molecular formula is C21H23N3O3. The molecule has 4 rings (SSSR count). The molecule has 140 valence electrons. The summed E-state index contributed by atoms with van der Waals surface area (Å²) in [4.78, 5) is 17.1. The van der Waals surface area contributed by atoms with Gasteiger partial charge in [-0.2, -0.15) is 0 Å². The van der Waals surface area contributed by atoms with E-state index in [1.54, 1.807) is 7.05 Å². The molecule has 27 heavy (non-hydrogen) atoms. The molecule has 2 N–H and O–H groups in total. The van der Waals surface area contributed by atoms with Crippen molar-refractivity contribution in [3.63, 3.8) is 0 Å². The predicted octanol–water partition coefficient (Wildman–Crippen LogP) is 2.80. The van der Waals surface area contributed by atoms with Crippen molar-refractivity contribution in [3.8, 4) is 5.75 Å². The third-order valence-corrected chi connectivity index (χ3v) is 5.42. The Labute approximate surface area is 157 Å². The number of carbonyl (C=O) groups excluding carboxylic acids is 1. The lowest BCUT2D eigenvalue weighted by Gasteiger charge is -2.29. The number of aliphatic hydroxyl groups excluding tert-OH is 1. The summed E-state index contributed by atoms with van der Waals surface area (Å²) >= 11 is 0. The Kier molecular flexibility index (Phi) is 4.36. The summed E-state index contributed by atoms with van der Waals surface area (Å²) in [5, 5.41) is 12.4. The van der Waals surface area contributed by atoms with E-state index in [-0.39, 0.29) is 18.6 Å². The molecule has 2 aromatic carbocycles. The fourth-order valence-electron chi connectivity index (χ4n) is 3.85. The van der Waals surface area contributed by atoms with Crippen LogP contribution in [0.3, 0.4) is 0 Å². The van der Waals surface area contributed by atoms with Crippen molar-refractivity contribution >= 4 is 16.9 Å². The monoisotopic (exact) mass is 365 g/mol. The Morgan fingerprint density at radius 1 is 1.41 bits per heavy atom. The molecule has 1 amide bonds. The average molecular weight is 365 g/mol. The molecule has 0 saturated carbocycles. The standard InChI is InChI=1S/C21H23N3O3/c1-12-23-19-17(24(12)3)10-16(21(26)22-2)15-8-9-18(27-20(15)19)14-7-5-4-6-13(14)11-25/h4-7,10,18,25H,8-9,11H2,1-3H3,(H,22,26)/t18-/m0/s1. The Morgan fingerprint density at radius 3 is 2.93 bits per heavy atom. The second kappa shape index (κ2) is 6.70. The van der Waals surface area contributed by atoms with E-state index in [2.05, 4.69) is 10.3 Å². The Balaban J connectivity index is 1.89. The van der Waals surface area contributed by atoms with Crippen molar-refractivity contribution in [3.05, 3.63) is 58.4 Å². The SMILES string of the molecule is CNC(=O)c1cc2c(nc(C)n2C)c2c1CC[C@@H](c1ccccc1CO)O2. The summed E-state index contributed by atoms with van der Waals surface area (Å²) in [5.74, 6) is 1.42. The van der Waals surface area contributed by atoms with Crippen LogP contribution in [0.2, 0.25) is 0 Å². The van der Waals surface area contributed by atoms with Gasteiger partial charge in [-0.1, -0.05) is 24.3 Å². The largest absolute Gasteiger partial charge is 0.483 e. The maximum Gasteiger partial charge on any atom is 0.251 e. The number of carbonyl (C=O) groups is 1. The van der Waals surface area contributed by atoms with Gasteiger partial charge in [-0.05, 0) is 37.0 Å². The Morgan fingerprint density at radius 2 is 2.19 bits per heavy atom. The molecule has 1 aliphatic heterocycles. The normalized spacial score (nSPS) is 16.1. The number of hydrogen-bond donors (Lipinski definition) is 2. The predicted molar refractivity (Wildman–Crippen MR) is 103 cm³/mol. The van der Waals surface area contributed by atoms with Gasteiger partial charge in [0.1, 0.15) is 17.4 Å². The molecule has 6 nitrogen and oxygen atoms in total. The molecule has 0 spiro atoms. The van der Waals surface area contributed by atoms with Crippen molar-refractivity contribution < 1.29 is 14.6 Å². The molecule has 0 aliphatic carbocycles. The molecule has 0 saturated heterocycles. The summed E-state index contributed by atoms with van der Waals surface area (Å²) in [6.45, 7) is 1.91. The van der Waals surface area contributed by atoms with Gasteiger partial charge in [-0.15, -0.1) is 0 Å². The Bertz CT molecular complexity index is 1040. The first-order valence-corrected chi connectivity index (χ1v) is 9.11. The number of aromatic nitrogens is 2. The zero-order valence-corrected chi connectivity index (χ0v) is 15.7. The zero-order chi connectivity index (χ0) is 19.1. The van der Waals surface area contributed by atoms with Gasteiger partial charge < -0.3 is 19.7 Å². The third kappa shape index (κ3) is 2.77. The minimum atomic E-state index is -0.175. The molecule has 3 aromatic rings. The van der Waals surface area contributed by atoms with Gasteiger partial charge in [-0.3, -0.25) is 4.79 Å². The van der Waals surface area contributed by atoms with Crippen LogP contribution in [-0.4, -0.2) is 27.6 Å². The number of fused-ring (bicyclic) bond motifs is 3. The Hall–Kier alpha value is -2.86. The minimum absolute atomic E-state index is 0.0285. The van der Waals surface area contributed by atoms with Gasteiger partial charge in [0.05, 0.1) is 12.1 Å². The van der Waals surface area contributed by atoms with Crippen molar-refractivity contribution in [1.82, 2.24) is 14.9 Å². The number of aryl methyl sites for hydroxylation is 2. The number of amides is 1. The average Bonchev–Trinajstić information content (AvgIpc) is 3.00. The van der Waals surface area contributed by atoms with Gasteiger partial charge in [0.25, 0.3) is 5.91 Å². The maximum atomic E-state index is 12.5. The van der Waals surface area contributed by atoms with Crippen molar-refractivity contribution in [1.29, 1.82) is 0 Å². The summed E-state index contributed by atoms with van der Waals surface area (Å²) in [7, 11) is 3.57. The molecule has 0 unspecified atom stereocenters. The number of benzene rings is 2. The van der Waals surface area contributed by atoms with Gasteiger partial charge in [-0.25, -0.2) is 4.98 Å². The van der Waals surface area contributed by atoms with Crippen LogP contribution >= 0.6 is 0 Å². The lowest BCUT2D eigenvalue weighted by atomic mass is 9.91. The highest BCUT2D eigenvalue weighted by Crippen LogP contribution is 2.42. The summed E-state index contributed by atoms with van der Waals surface area (Å²) in [6, 6.07) is 9.67. The molecule has 6 heteroatoms. The van der Waals surface area contributed by atoms with E-state index in [0.717, 1.165) is 40.0 Å². The van der Waals surface area contributed by atoms with Crippen molar-refractivity contribution in [2.24, 2.45) is 7.05 Å². The highest BCUT2D eigenvalue weighted by atomic mass is 16.5. The lowest BCUT2D eigenvalue weighted by molar-refractivity contribution is 0.0959. The molecular weight excluding hydrogens is 342 g/mol. The van der Waals surface area contributed by atoms with E-state index >= 15 is 0 Å². The van der Waals surface area contributed by atoms with Crippen LogP contribution in [0.1, 0.15) is 45.4 Å². The quantitative estimate of drug-likeness (QED) is 0.748. The van der Waals surface area contributed by atoms with Crippen LogP contribution in [0.4, 0.5) is 0 Å². The van der Waals surface area contributed by atoms with Gasteiger partial charge in [0.15, 0.2) is 5.75 Å². The van der Waals surface area contributed by atoms with Crippen LogP contribution in [0.5, 0.6) is 5.75 Å². The highest BCUT2D eigenvalue weighted by molar-refractivity contribution is 6.01. The molecule has 0 fully saturated rings. The fourth-order valence-corrected chi connectivity index (χ4v) is 3.85. The van der Waals surface area contributed by atoms with Crippen molar-refractivity contribution in [2.75, 3.05) is 7.05 Å². The van der Waals surface area contributed by atoms with E-state index in [1.165, 1.54) is 0 Å². The van der Waals surface area contributed by atoms with E-state index < -0.39 is 0 Å². The van der Waals surface area contributed by atoms with E-state index in [9.17, 15) is 9.90 Å². The molecule has 0 radical (unpaired) electrons. The van der Waals surface area contributed by atoms with E-state index in [4.69, 9.17) is 4.74 Å². The second-order valence-corrected chi connectivity index (χ2v) is 6.90. The van der Waals surface area contributed by atoms with Crippen LogP contribution in [0.25, 0.3) is 11.0 Å². The van der Waals surface area contributed by atoms with E-state index in [1.807, 2.05) is 48.9 Å². The first-order valence-electron chi connectivity index (χ1n) is 9.11. The summed E-state index contributed by atoms with van der Waals surface area (Å²) in [6.07, 6.45) is 1.28. The van der Waals surface area contributed by atoms with Gasteiger partial charge in [0, 0.05) is 25.2 Å². The first kappa shape index (κ1) is 17.5. The van der Waals surface area contributed by atoms with E-state index in [0.29, 0.717) is 17.7 Å². The maximum absolute atomic E-state index is 12.5.